The van der Waals surface area contributed by atoms with E-state index < -0.39 is 0 Å². The number of imidazole rings is 1. The van der Waals surface area contributed by atoms with Crippen molar-refractivity contribution in [2.45, 2.75) is 45.6 Å². The first-order chi connectivity index (χ1) is 6.81. The zero-order chi connectivity index (χ0) is 9.97. The van der Waals surface area contributed by atoms with Crippen LogP contribution in [0.1, 0.15) is 38.8 Å². The molecule has 1 aliphatic heterocycles. The SMILES string of the molecule is CCc1cnc(N2CCCCC2C)[nH]1. The van der Waals surface area contributed by atoms with E-state index in [0.29, 0.717) is 6.04 Å². The van der Waals surface area contributed by atoms with Crippen molar-refractivity contribution in [1.29, 1.82) is 0 Å². The minimum Gasteiger partial charge on any atom is -0.340 e. The number of anilines is 1. The Morgan fingerprint density at radius 1 is 1.57 bits per heavy atom. The Bertz CT molecular complexity index is 292. The fraction of sp³-hybridized carbons (Fsp3) is 0.727. The van der Waals surface area contributed by atoms with Gasteiger partial charge in [0.15, 0.2) is 0 Å². The molecule has 0 aliphatic carbocycles. The van der Waals surface area contributed by atoms with Crippen LogP contribution in [0, 0.1) is 0 Å². The topological polar surface area (TPSA) is 31.9 Å². The van der Waals surface area contributed by atoms with E-state index in [-0.39, 0.29) is 0 Å². The van der Waals surface area contributed by atoms with E-state index >= 15 is 0 Å². The van der Waals surface area contributed by atoms with Gasteiger partial charge >= 0.3 is 0 Å². The summed E-state index contributed by atoms with van der Waals surface area (Å²) in [5.41, 5.74) is 1.23. The van der Waals surface area contributed by atoms with Gasteiger partial charge in [-0.15, -0.1) is 0 Å². The van der Waals surface area contributed by atoms with Crippen molar-refractivity contribution in [2.75, 3.05) is 11.4 Å². The summed E-state index contributed by atoms with van der Waals surface area (Å²) in [5, 5.41) is 0. The molecule has 3 heteroatoms. The predicted octanol–water partition coefficient (Wildman–Crippen LogP) is 2.35. The first-order valence-electron chi connectivity index (χ1n) is 5.61. The summed E-state index contributed by atoms with van der Waals surface area (Å²) in [4.78, 5) is 10.2. The molecule has 1 aromatic rings. The van der Waals surface area contributed by atoms with E-state index in [0.717, 1.165) is 18.9 Å². The number of piperidine rings is 1. The molecule has 0 amide bonds. The maximum absolute atomic E-state index is 4.43. The minimum absolute atomic E-state index is 0.639. The number of nitrogens with one attached hydrogen (secondary N) is 1. The normalized spacial score (nSPS) is 22.7. The molecule has 0 aromatic carbocycles. The average Bonchev–Trinajstić information content (AvgIpc) is 2.67. The van der Waals surface area contributed by atoms with Crippen LogP contribution in [0.25, 0.3) is 0 Å². The molecule has 3 nitrogen and oxygen atoms in total. The molecule has 78 valence electrons. The van der Waals surface area contributed by atoms with Crippen molar-refractivity contribution in [3.05, 3.63) is 11.9 Å². The summed E-state index contributed by atoms with van der Waals surface area (Å²) in [6.45, 7) is 5.59. The van der Waals surface area contributed by atoms with Gasteiger partial charge in [-0.2, -0.15) is 0 Å². The van der Waals surface area contributed by atoms with Gasteiger partial charge in [0.05, 0.1) is 6.20 Å². The van der Waals surface area contributed by atoms with Crippen LogP contribution in [-0.2, 0) is 6.42 Å². The van der Waals surface area contributed by atoms with Crippen molar-refractivity contribution in [3.8, 4) is 0 Å². The molecular weight excluding hydrogens is 174 g/mol. The number of hydrogen-bond donors (Lipinski definition) is 1. The molecule has 1 saturated heterocycles. The molecule has 1 aliphatic rings. The van der Waals surface area contributed by atoms with Crippen LogP contribution in [0.2, 0.25) is 0 Å². The number of nitrogens with zero attached hydrogens (tertiary/aromatic N) is 2. The van der Waals surface area contributed by atoms with Gasteiger partial charge in [-0.1, -0.05) is 6.92 Å². The molecule has 0 saturated carbocycles. The molecule has 0 bridgehead atoms. The molecule has 1 fully saturated rings. The number of rotatable bonds is 2. The van der Waals surface area contributed by atoms with Crippen LogP contribution in [0.3, 0.4) is 0 Å². The van der Waals surface area contributed by atoms with Crippen molar-refractivity contribution >= 4 is 5.95 Å². The summed E-state index contributed by atoms with van der Waals surface area (Å²) in [7, 11) is 0. The zero-order valence-electron chi connectivity index (χ0n) is 9.08. The third-order valence-corrected chi connectivity index (χ3v) is 3.07. The Balaban J connectivity index is 2.12. The molecule has 1 unspecified atom stereocenters. The third kappa shape index (κ3) is 1.76. The van der Waals surface area contributed by atoms with Crippen LogP contribution < -0.4 is 4.90 Å². The van der Waals surface area contributed by atoms with E-state index in [1.807, 2.05) is 6.20 Å². The second-order valence-corrected chi connectivity index (χ2v) is 4.12. The lowest BCUT2D eigenvalue weighted by Crippen LogP contribution is -2.38. The molecule has 1 N–H and O–H groups in total. The molecule has 0 spiro atoms. The molecule has 1 atom stereocenters. The first-order valence-corrected chi connectivity index (χ1v) is 5.61. The van der Waals surface area contributed by atoms with Crippen LogP contribution in [0.15, 0.2) is 6.20 Å². The third-order valence-electron chi connectivity index (χ3n) is 3.07. The summed E-state index contributed by atoms with van der Waals surface area (Å²) >= 11 is 0. The van der Waals surface area contributed by atoms with Gasteiger partial charge in [0.25, 0.3) is 0 Å². The van der Waals surface area contributed by atoms with Gasteiger partial charge in [-0.05, 0) is 32.6 Å². The number of hydrogen-bond acceptors (Lipinski definition) is 2. The Labute approximate surface area is 85.5 Å². The highest BCUT2D eigenvalue weighted by molar-refractivity contribution is 5.33. The molecule has 14 heavy (non-hydrogen) atoms. The fourth-order valence-corrected chi connectivity index (χ4v) is 2.09. The van der Waals surface area contributed by atoms with Crippen molar-refractivity contribution in [3.63, 3.8) is 0 Å². The van der Waals surface area contributed by atoms with E-state index in [2.05, 4.69) is 28.7 Å². The standard InChI is InChI=1S/C11H19N3/c1-3-10-8-12-11(13-10)14-7-5-4-6-9(14)2/h8-9H,3-7H2,1-2H3,(H,12,13). The quantitative estimate of drug-likeness (QED) is 0.782. The summed E-state index contributed by atoms with van der Waals surface area (Å²) in [6, 6.07) is 0.639. The lowest BCUT2D eigenvalue weighted by molar-refractivity contribution is 0.478. The Morgan fingerprint density at radius 2 is 2.43 bits per heavy atom. The van der Waals surface area contributed by atoms with E-state index in [1.165, 1.54) is 25.0 Å². The molecule has 1 aromatic heterocycles. The van der Waals surface area contributed by atoms with Crippen molar-refractivity contribution in [2.24, 2.45) is 0 Å². The van der Waals surface area contributed by atoms with Crippen LogP contribution in [0.5, 0.6) is 0 Å². The van der Waals surface area contributed by atoms with Crippen LogP contribution >= 0.6 is 0 Å². The summed E-state index contributed by atoms with van der Waals surface area (Å²) in [6.07, 6.45) is 6.94. The van der Waals surface area contributed by atoms with Gasteiger partial charge < -0.3 is 9.88 Å². The van der Waals surface area contributed by atoms with Crippen LogP contribution in [-0.4, -0.2) is 22.6 Å². The van der Waals surface area contributed by atoms with Gasteiger partial charge in [0.2, 0.25) is 5.95 Å². The van der Waals surface area contributed by atoms with E-state index in [9.17, 15) is 0 Å². The minimum atomic E-state index is 0.639. The highest BCUT2D eigenvalue weighted by Gasteiger charge is 2.20. The second-order valence-electron chi connectivity index (χ2n) is 4.12. The zero-order valence-corrected chi connectivity index (χ0v) is 9.08. The van der Waals surface area contributed by atoms with E-state index in [1.54, 1.807) is 0 Å². The summed E-state index contributed by atoms with van der Waals surface area (Å²) < 4.78 is 0. The highest BCUT2D eigenvalue weighted by Crippen LogP contribution is 2.21. The first kappa shape index (κ1) is 9.56. The monoisotopic (exact) mass is 193 g/mol. The second kappa shape index (κ2) is 4.03. The maximum atomic E-state index is 4.43. The molecular formula is C11H19N3. The van der Waals surface area contributed by atoms with Gasteiger partial charge in [0, 0.05) is 18.3 Å². The lowest BCUT2D eigenvalue weighted by Gasteiger charge is -2.33. The molecule has 2 heterocycles. The summed E-state index contributed by atoms with van der Waals surface area (Å²) in [5.74, 6) is 1.06. The molecule has 2 rings (SSSR count). The van der Waals surface area contributed by atoms with Gasteiger partial charge in [-0.25, -0.2) is 4.98 Å². The van der Waals surface area contributed by atoms with Crippen molar-refractivity contribution in [1.82, 2.24) is 9.97 Å². The smallest absolute Gasteiger partial charge is 0.203 e. The van der Waals surface area contributed by atoms with Gasteiger partial charge in [-0.3, -0.25) is 0 Å². The Kier molecular flexibility index (Phi) is 2.75. The molecule has 0 radical (unpaired) electrons. The Hall–Kier alpha value is -0.990. The lowest BCUT2D eigenvalue weighted by atomic mass is 10.0. The van der Waals surface area contributed by atoms with E-state index in [4.69, 9.17) is 0 Å². The maximum Gasteiger partial charge on any atom is 0.203 e. The highest BCUT2D eigenvalue weighted by atomic mass is 15.3. The predicted molar refractivity (Wildman–Crippen MR) is 58.6 cm³/mol. The van der Waals surface area contributed by atoms with Crippen molar-refractivity contribution < 1.29 is 0 Å². The number of aryl methyl sites for hydroxylation is 1. The van der Waals surface area contributed by atoms with Gasteiger partial charge in [0.1, 0.15) is 0 Å². The Morgan fingerprint density at radius 3 is 3.07 bits per heavy atom. The number of aromatic nitrogens is 2. The van der Waals surface area contributed by atoms with Crippen LogP contribution in [0.4, 0.5) is 5.95 Å². The number of aromatic amines is 1. The fourth-order valence-electron chi connectivity index (χ4n) is 2.09. The largest absolute Gasteiger partial charge is 0.340 e. The average molecular weight is 193 g/mol. The number of H-pyrrole nitrogens is 1.